The third-order valence-electron chi connectivity index (χ3n) is 19.2. The van der Waals surface area contributed by atoms with Crippen molar-refractivity contribution in [2.24, 2.45) is 0 Å². The minimum absolute atomic E-state index is 0.0783. The largest absolute Gasteiger partial charge is 0.472 e. The van der Waals surface area contributed by atoms with Crippen LogP contribution in [0.25, 0.3) is 0 Å². The van der Waals surface area contributed by atoms with E-state index < -0.39 is 20.0 Å². The first-order valence-electron chi connectivity index (χ1n) is 40.7. The summed E-state index contributed by atoms with van der Waals surface area (Å²) in [5, 5.41) is 14.2. The molecule has 90 heavy (non-hydrogen) atoms. The predicted octanol–water partition coefficient (Wildman–Crippen LogP) is 26.6. The molecule has 3 atom stereocenters. The first kappa shape index (κ1) is 89.0. The fraction of sp³-hybridized carbons (Fsp3) is 0.938. The highest BCUT2D eigenvalue weighted by Crippen LogP contribution is 2.43. The zero-order valence-corrected chi connectivity index (χ0v) is 62.6. The molecular formula is C81H162N2O6P+. The maximum atomic E-state index is 13.1. The second-order valence-corrected chi connectivity index (χ2v) is 31.0. The van der Waals surface area contributed by atoms with E-state index in [1.54, 1.807) is 0 Å². The van der Waals surface area contributed by atoms with Gasteiger partial charge in [0.05, 0.1) is 39.9 Å². The quantitative estimate of drug-likeness (QED) is 0.0243. The van der Waals surface area contributed by atoms with Crippen LogP contribution in [0, 0.1) is 0 Å². The molecule has 1 amide bonds. The van der Waals surface area contributed by atoms with Gasteiger partial charge < -0.3 is 19.8 Å². The van der Waals surface area contributed by atoms with Crippen LogP contribution in [0.3, 0.4) is 0 Å². The number of carbonyl (C=O) groups excluding carboxylic acids is 1. The van der Waals surface area contributed by atoms with E-state index in [-0.39, 0.29) is 19.1 Å². The number of amides is 1. The standard InChI is InChI=1S/C81H161N2O6P/c1-6-8-10-12-14-16-18-20-22-24-26-28-30-32-34-36-38-39-40-41-42-43-45-47-49-51-53-55-57-59-61-63-65-67-69-71-73-75-81(85)82-79(78-89-90(86,87)88-77-76-83(3,4)5)80(84)74-72-70-68-66-64-62-60-58-56-54-52-50-48-46-44-37-35-33-31-29-27-25-23-21-19-17-15-13-11-9-7-2/h18,20,24,26,79-80,84H,6-17,19,21-23,25,27-78H2,1-5H3,(H-,82,85,86,87)/p+1/b20-18-,26-24-. The lowest BCUT2D eigenvalue weighted by Gasteiger charge is -2.26. The summed E-state index contributed by atoms with van der Waals surface area (Å²) in [5.41, 5.74) is 0. The molecule has 0 aliphatic carbocycles. The van der Waals surface area contributed by atoms with E-state index in [2.05, 4.69) is 43.5 Å². The van der Waals surface area contributed by atoms with Crippen LogP contribution < -0.4 is 5.32 Å². The van der Waals surface area contributed by atoms with Gasteiger partial charge in [-0.2, -0.15) is 0 Å². The Morgan fingerprint density at radius 2 is 0.633 bits per heavy atom. The third kappa shape index (κ3) is 74.4. The predicted molar refractivity (Wildman–Crippen MR) is 397 cm³/mol. The molecule has 536 valence electrons. The Labute approximate surface area is 564 Å². The van der Waals surface area contributed by atoms with Gasteiger partial charge in [-0.25, -0.2) is 4.57 Å². The molecule has 8 nitrogen and oxygen atoms in total. The number of rotatable bonds is 77. The molecule has 0 spiro atoms. The molecule has 0 aliphatic heterocycles. The smallest absolute Gasteiger partial charge is 0.391 e. The number of allylic oxidation sites excluding steroid dienone is 4. The second kappa shape index (κ2) is 72.3. The van der Waals surface area contributed by atoms with Crippen molar-refractivity contribution >= 4 is 13.7 Å². The first-order valence-corrected chi connectivity index (χ1v) is 42.2. The topological polar surface area (TPSA) is 105 Å². The first-order chi connectivity index (χ1) is 44.0. The molecule has 0 fully saturated rings. The van der Waals surface area contributed by atoms with E-state index in [0.29, 0.717) is 23.9 Å². The van der Waals surface area contributed by atoms with Gasteiger partial charge in [-0.15, -0.1) is 0 Å². The maximum absolute atomic E-state index is 13.1. The average Bonchev–Trinajstić information content (AvgIpc) is 3.18. The number of aliphatic hydroxyl groups is 1. The van der Waals surface area contributed by atoms with Gasteiger partial charge in [0, 0.05) is 6.42 Å². The molecule has 0 bridgehead atoms. The van der Waals surface area contributed by atoms with Gasteiger partial charge in [0.15, 0.2) is 0 Å². The van der Waals surface area contributed by atoms with Crippen molar-refractivity contribution in [3.05, 3.63) is 24.3 Å². The normalized spacial score (nSPS) is 13.5. The van der Waals surface area contributed by atoms with E-state index in [0.717, 1.165) is 44.9 Å². The van der Waals surface area contributed by atoms with Crippen LogP contribution >= 0.6 is 7.82 Å². The highest BCUT2D eigenvalue weighted by Gasteiger charge is 2.28. The van der Waals surface area contributed by atoms with Gasteiger partial charge in [0.2, 0.25) is 5.91 Å². The van der Waals surface area contributed by atoms with Crippen LogP contribution in [0.2, 0.25) is 0 Å². The molecule has 0 aromatic carbocycles. The molecule has 0 aliphatic rings. The van der Waals surface area contributed by atoms with Crippen molar-refractivity contribution < 1.29 is 32.9 Å². The number of likely N-dealkylation sites (N-methyl/N-ethyl adjacent to an activating group) is 1. The monoisotopic (exact) mass is 1290 g/mol. The van der Waals surface area contributed by atoms with E-state index in [4.69, 9.17) is 9.05 Å². The fourth-order valence-electron chi connectivity index (χ4n) is 12.9. The van der Waals surface area contributed by atoms with E-state index in [1.165, 1.54) is 366 Å². The number of aliphatic hydroxyl groups excluding tert-OH is 1. The van der Waals surface area contributed by atoms with Crippen molar-refractivity contribution in [1.82, 2.24) is 5.32 Å². The Morgan fingerprint density at radius 3 is 0.911 bits per heavy atom. The molecule has 9 heteroatoms. The number of hydrogen-bond donors (Lipinski definition) is 3. The van der Waals surface area contributed by atoms with Crippen LogP contribution in [0.15, 0.2) is 24.3 Å². The number of unbranched alkanes of at least 4 members (excludes halogenated alkanes) is 60. The van der Waals surface area contributed by atoms with Gasteiger partial charge in [0.25, 0.3) is 0 Å². The Bertz CT molecular complexity index is 1520. The van der Waals surface area contributed by atoms with Crippen LogP contribution in [0.5, 0.6) is 0 Å². The lowest BCUT2D eigenvalue weighted by Crippen LogP contribution is -2.46. The Kier molecular flexibility index (Phi) is 71.4. The van der Waals surface area contributed by atoms with Crippen molar-refractivity contribution in [2.75, 3.05) is 40.9 Å². The molecule has 0 aromatic heterocycles. The van der Waals surface area contributed by atoms with Crippen molar-refractivity contribution in [2.45, 2.75) is 450 Å². The number of phosphoric acid groups is 1. The van der Waals surface area contributed by atoms with E-state index in [9.17, 15) is 19.4 Å². The summed E-state index contributed by atoms with van der Waals surface area (Å²) in [6.07, 6.45) is 96.2. The summed E-state index contributed by atoms with van der Waals surface area (Å²) in [6, 6.07) is -0.760. The van der Waals surface area contributed by atoms with Gasteiger partial charge in [-0.05, 0) is 44.9 Å². The molecule has 0 saturated carbocycles. The zero-order chi connectivity index (χ0) is 65.5. The number of nitrogens with zero attached hydrogens (tertiary/aromatic N) is 1. The second-order valence-electron chi connectivity index (χ2n) is 29.5. The molecule has 0 rings (SSSR count). The molecule has 0 saturated heterocycles. The van der Waals surface area contributed by atoms with Crippen LogP contribution in [0.1, 0.15) is 438 Å². The lowest BCUT2D eigenvalue weighted by molar-refractivity contribution is -0.870. The number of nitrogens with one attached hydrogen (secondary N) is 1. The molecule has 0 radical (unpaired) electrons. The minimum atomic E-state index is -4.33. The molecule has 3 unspecified atom stereocenters. The zero-order valence-electron chi connectivity index (χ0n) is 61.7. The van der Waals surface area contributed by atoms with E-state index >= 15 is 0 Å². The van der Waals surface area contributed by atoms with Crippen LogP contribution in [0.4, 0.5) is 0 Å². The molecule has 0 aromatic rings. The number of phosphoric ester groups is 1. The Balaban J connectivity index is 3.89. The van der Waals surface area contributed by atoms with Gasteiger partial charge in [-0.1, -0.05) is 411 Å². The van der Waals surface area contributed by atoms with Crippen molar-refractivity contribution in [1.29, 1.82) is 0 Å². The summed E-state index contributed by atoms with van der Waals surface area (Å²) in [4.78, 5) is 23.5. The Hall–Kier alpha value is -1.02. The highest BCUT2D eigenvalue weighted by molar-refractivity contribution is 7.47. The SMILES string of the molecule is CCCCCCC/C=C\C/C=C\CCCCCCCCCCCCCCCCCCCCCCCCCCCC(=O)NC(COP(=O)(O)OCC[N+](C)(C)C)C(O)CCCCCCCCCCCCCCCCCCCCCCCCCCCCCCCCC. The fourth-order valence-corrected chi connectivity index (χ4v) is 13.6. The third-order valence-corrected chi connectivity index (χ3v) is 20.2. The highest BCUT2D eigenvalue weighted by atomic mass is 31.2. The van der Waals surface area contributed by atoms with E-state index in [1.807, 2.05) is 21.1 Å². The molecular weight excluding hydrogens is 1130 g/mol. The summed E-state index contributed by atoms with van der Waals surface area (Å²) in [6.45, 7) is 4.95. The van der Waals surface area contributed by atoms with Gasteiger partial charge in [0.1, 0.15) is 13.2 Å². The summed E-state index contributed by atoms with van der Waals surface area (Å²) in [7, 11) is 1.64. The number of carbonyl (C=O) groups is 1. The summed E-state index contributed by atoms with van der Waals surface area (Å²) < 4.78 is 24.0. The average molecular weight is 1290 g/mol. The van der Waals surface area contributed by atoms with Crippen LogP contribution in [-0.2, 0) is 18.4 Å². The summed E-state index contributed by atoms with van der Waals surface area (Å²) >= 11 is 0. The van der Waals surface area contributed by atoms with Crippen LogP contribution in [-0.4, -0.2) is 73.4 Å². The minimum Gasteiger partial charge on any atom is -0.391 e. The number of quaternary nitrogens is 1. The molecule has 0 heterocycles. The number of hydrogen-bond acceptors (Lipinski definition) is 5. The maximum Gasteiger partial charge on any atom is 0.472 e. The van der Waals surface area contributed by atoms with Crippen molar-refractivity contribution in [3.8, 4) is 0 Å². The van der Waals surface area contributed by atoms with Gasteiger partial charge in [-0.3, -0.25) is 13.8 Å². The Morgan fingerprint density at radius 1 is 0.378 bits per heavy atom. The van der Waals surface area contributed by atoms with Gasteiger partial charge >= 0.3 is 7.82 Å². The van der Waals surface area contributed by atoms with Crippen molar-refractivity contribution in [3.63, 3.8) is 0 Å². The molecule has 3 N–H and O–H groups in total. The lowest BCUT2D eigenvalue weighted by atomic mass is 10.0. The summed E-state index contributed by atoms with van der Waals surface area (Å²) in [5.74, 6) is -0.133.